The fourth-order valence-corrected chi connectivity index (χ4v) is 3.75. The minimum atomic E-state index is -3.55. The molecule has 5 nitrogen and oxygen atoms in total. The van der Waals surface area contributed by atoms with E-state index in [2.05, 4.69) is 17.0 Å². The Morgan fingerprint density at radius 1 is 1.45 bits per heavy atom. The van der Waals surface area contributed by atoms with Gasteiger partial charge in [-0.15, -0.1) is 0 Å². The van der Waals surface area contributed by atoms with Gasteiger partial charge in [-0.2, -0.15) is 11.8 Å². The van der Waals surface area contributed by atoms with E-state index in [9.17, 15) is 8.42 Å². The Balaban J connectivity index is 1.90. The summed E-state index contributed by atoms with van der Waals surface area (Å²) < 4.78 is 32.3. The second-order valence-corrected chi connectivity index (χ2v) is 8.02. The van der Waals surface area contributed by atoms with Crippen molar-refractivity contribution in [2.75, 3.05) is 11.5 Å². The normalized spacial score (nSPS) is 17.3. The van der Waals surface area contributed by atoms with Crippen LogP contribution in [0.4, 0.5) is 0 Å². The van der Waals surface area contributed by atoms with Crippen LogP contribution in [0.25, 0.3) is 0 Å². The van der Waals surface area contributed by atoms with Crippen LogP contribution in [0, 0.1) is 0 Å². The SMILES string of the molecule is CCSCC(C)NS(=O)(=O)c1ccc(CNC2CC2)o1. The van der Waals surface area contributed by atoms with Gasteiger partial charge in [-0.25, -0.2) is 13.1 Å². The smallest absolute Gasteiger partial charge is 0.274 e. The lowest BCUT2D eigenvalue weighted by Crippen LogP contribution is -2.34. The van der Waals surface area contributed by atoms with Crippen LogP contribution in [0.1, 0.15) is 32.4 Å². The van der Waals surface area contributed by atoms with Crippen molar-refractivity contribution in [2.45, 2.75) is 50.4 Å². The van der Waals surface area contributed by atoms with Crippen LogP contribution < -0.4 is 10.0 Å². The third kappa shape index (κ3) is 4.80. The van der Waals surface area contributed by atoms with Crippen molar-refractivity contribution in [3.8, 4) is 0 Å². The number of rotatable bonds is 9. The predicted molar refractivity (Wildman–Crippen MR) is 81.4 cm³/mol. The van der Waals surface area contributed by atoms with E-state index in [4.69, 9.17) is 4.42 Å². The van der Waals surface area contributed by atoms with Gasteiger partial charge >= 0.3 is 0 Å². The van der Waals surface area contributed by atoms with Crippen LogP contribution in [-0.4, -0.2) is 32.0 Å². The van der Waals surface area contributed by atoms with E-state index >= 15 is 0 Å². The third-order valence-electron chi connectivity index (χ3n) is 2.97. The lowest BCUT2D eigenvalue weighted by atomic mass is 10.4. The monoisotopic (exact) mass is 318 g/mol. The summed E-state index contributed by atoms with van der Waals surface area (Å²) in [5.74, 6) is 2.39. The molecule has 2 rings (SSSR count). The van der Waals surface area contributed by atoms with Crippen LogP contribution in [-0.2, 0) is 16.6 Å². The molecule has 0 bridgehead atoms. The van der Waals surface area contributed by atoms with Gasteiger partial charge < -0.3 is 9.73 Å². The minimum absolute atomic E-state index is 0.00144. The van der Waals surface area contributed by atoms with Crippen LogP contribution >= 0.6 is 11.8 Å². The second-order valence-electron chi connectivity index (χ2n) is 5.06. The molecule has 1 aromatic heterocycles. The largest absolute Gasteiger partial charge is 0.447 e. The summed E-state index contributed by atoms with van der Waals surface area (Å²) in [6, 6.07) is 3.70. The molecular weight excluding hydrogens is 296 g/mol. The van der Waals surface area contributed by atoms with Crippen LogP contribution in [0.15, 0.2) is 21.6 Å². The zero-order chi connectivity index (χ0) is 14.6. The maximum atomic E-state index is 12.1. The Bertz CT molecular complexity index is 523. The van der Waals surface area contributed by atoms with Crippen molar-refractivity contribution in [3.05, 3.63) is 17.9 Å². The molecule has 1 unspecified atom stereocenters. The number of nitrogens with one attached hydrogen (secondary N) is 2. The van der Waals surface area contributed by atoms with E-state index < -0.39 is 10.0 Å². The summed E-state index contributed by atoms with van der Waals surface area (Å²) >= 11 is 1.71. The molecule has 1 aliphatic carbocycles. The van der Waals surface area contributed by atoms with Gasteiger partial charge in [-0.3, -0.25) is 0 Å². The predicted octanol–water partition coefficient (Wildman–Crippen LogP) is 1.95. The molecule has 1 atom stereocenters. The molecule has 1 saturated carbocycles. The van der Waals surface area contributed by atoms with Crippen molar-refractivity contribution in [3.63, 3.8) is 0 Å². The first-order valence-electron chi connectivity index (χ1n) is 6.93. The first-order chi connectivity index (χ1) is 9.51. The number of furan rings is 1. The summed E-state index contributed by atoms with van der Waals surface area (Å²) in [6.07, 6.45) is 2.39. The molecule has 0 aromatic carbocycles. The van der Waals surface area contributed by atoms with Crippen molar-refractivity contribution in [1.29, 1.82) is 0 Å². The van der Waals surface area contributed by atoms with E-state index in [-0.39, 0.29) is 11.1 Å². The quantitative estimate of drug-likeness (QED) is 0.728. The molecule has 0 saturated heterocycles. The van der Waals surface area contributed by atoms with Crippen molar-refractivity contribution < 1.29 is 12.8 Å². The lowest BCUT2D eigenvalue weighted by Gasteiger charge is -2.11. The van der Waals surface area contributed by atoms with E-state index in [1.807, 2.05) is 6.92 Å². The van der Waals surface area contributed by atoms with Gasteiger partial charge in [0, 0.05) is 17.8 Å². The Morgan fingerprint density at radius 3 is 2.85 bits per heavy atom. The molecular formula is C13H22N2O3S2. The maximum absolute atomic E-state index is 12.1. The summed E-state index contributed by atoms with van der Waals surface area (Å²) in [4.78, 5) is 0. The minimum Gasteiger partial charge on any atom is -0.447 e. The number of sulfonamides is 1. The standard InChI is InChI=1S/C13H22N2O3S2/c1-3-19-9-10(2)15-20(16,17)13-7-6-12(18-13)8-14-11-4-5-11/h6-7,10-11,14-15H,3-5,8-9H2,1-2H3. The molecule has 20 heavy (non-hydrogen) atoms. The second kappa shape index (κ2) is 6.98. The molecule has 1 heterocycles. The van der Waals surface area contributed by atoms with Gasteiger partial charge in [0.05, 0.1) is 6.54 Å². The van der Waals surface area contributed by atoms with E-state index in [1.54, 1.807) is 17.8 Å². The highest BCUT2D eigenvalue weighted by Gasteiger charge is 2.23. The van der Waals surface area contributed by atoms with Gasteiger partial charge in [0.15, 0.2) is 0 Å². The van der Waals surface area contributed by atoms with Gasteiger partial charge in [0.25, 0.3) is 10.0 Å². The average Bonchev–Trinajstić information content (AvgIpc) is 3.09. The van der Waals surface area contributed by atoms with E-state index in [0.29, 0.717) is 18.3 Å². The average molecular weight is 318 g/mol. The number of hydrogen-bond acceptors (Lipinski definition) is 5. The summed E-state index contributed by atoms with van der Waals surface area (Å²) in [5.41, 5.74) is 0. The highest BCUT2D eigenvalue weighted by Crippen LogP contribution is 2.20. The van der Waals surface area contributed by atoms with Crippen LogP contribution in [0.3, 0.4) is 0 Å². The zero-order valence-electron chi connectivity index (χ0n) is 11.9. The van der Waals surface area contributed by atoms with Gasteiger partial charge in [0.1, 0.15) is 5.76 Å². The topological polar surface area (TPSA) is 71.3 Å². The number of hydrogen-bond donors (Lipinski definition) is 2. The van der Waals surface area contributed by atoms with E-state index in [0.717, 1.165) is 11.5 Å². The molecule has 1 aliphatic rings. The summed E-state index contributed by atoms with van der Waals surface area (Å²) in [6.45, 7) is 4.50. The molecule has 1 fully saturated rings. The molecule has 0 amide bonds. The van der Waals surface area contributed by atoms with Crippen molar-refractivity contribution in [2.24, 2.45) is 0 Å². The summed E-state index contributed by atoms with van der Waals surface area (Å²) in [7, 11) is -3.55. The fourth-order valence-electron chi connectivity index (χ4n) is 1.78. The molecule has 0 aliphatic heterocycles. The fraction of sp³-hybridized carbons (Fsp3) is 0.692. The third-order valence-corrected chi connectivity index (χ3v) is 5.58. The van der Waals surface area contributed by atoms with Crippen molar-refractivity contribution >= 4 is 21.8 Å². The van der Waals surface area contributed by atoms with Crippen LogP contribution in [0.5, 0.6) is 0 Å². The Kier molecular flexibility index (Phi) is 5.54. The van der Waals surface area contributed by atoms with Gasteiger partial charge in [0.2, 0.25) is 5.09 Å². The van der Waals surface area contributed by atoms with Gasteiger partial charge in [-0.1, -0.05) is 6.92 Å². The number of thioether (sulfide) groups is 1. The highest BCUT2D eigenvalue weighted by atomic mass is 32.2. The first kappa shape index (κ1) is 15.9. The zero-order valence-corrected chi connectivity index (χ0v) is 13.5. The Labute approximate surface area is 124 Å². The first-order valence-corrected chi connectivity index (χ1v) is 9.57. The molecule has 114 valence electrons. The highest BCUT2D eigenvalue weighted by molar-refractivity contribution is 7.99. The molecule has 0 spiro atoms. The molecule has 7 heteroatoms. The lowest BCUT2D eigenvalue weighted by molar-refractivity contribution is 0.398. The molecule has 1 aromatic rings. The molecule has 2 N–H and O–H groups in total. The Hall–Kier alpha value is -0.500. The van der Waals surface area contributed by atoms with Crippen LogP contribution in [0.2, 0.25) is 0 Å². The molecule has 0 radical (unpaired) electrons. The van der Waals surface area contributed by atoms with Gasteiger partial charge in [-0.05, 0) is 37.7 Å². The van der Waals surface area contributed by atoms with Crippen molar-refractivity contribution in [1.82, 2.24) is 10.0 Å². The maximum Gasteiger partial charge on any atom is 0.274 e. The summed E-state index contributed by atoms with van der Waals surface area (Å²) in [5, 5.41) is 3.29. The Morgan fingerprint density at radius 2 is 2.20 bits per heavy atom. The van der Waals surface area contributed by atoms with E-state index in [1.165, 1.54) is 18.9 Å².